The van der Waals surface area contributed by atoms with Gasteiger partial charge in [0.15, 0.2) is 0 Å². The molecule has 1 aromatic carbocycles. The number of benzene rings is 1. The van der Waals surface area contributed by atoms with Crippen molar-refractivity contribution in [1.29, 1.82) is 0 Å². The van der Waals surface area contributed by atoms with Gasteiger partial charge in [0.1, 0.15) is 6.33 Å². The van der Waals surface area contributed by atoms with Crippen LogP contribution in [0.1, 0.15) is 23.2 Å². The maximum absolute atomic E-state index is 11.8. The molecule has 0 unspecified atom stereocenters. The van der Waals surface area contributed by atoms with E-state index < -0.39 is 0 Å². The molecule has 3 N–H and O–H groups in total. The van der Waals surface area contributed by atoms with Gasteiger partial charge in [0.05, 0.1) is 5.69 Å². The summed E-state index contributed by atoms with van der Waals surface area (Å²) in [5.41, 5.74) is 6.81. The number of hydrogen-bond donors (Lipinski definition) is 2. The number of carbonyl (C=O) groups excluding carboxylic acids is 1. The lowest BCUT2D eigenvalue weighted by Crippen LogP contribution is -2.24. The first-order valence-corrected chi connectivity index (χ1v) is 6.13. The topological polar surface area (TPSA) is 98.7 Å². The van der Waals surface area contributed by atoms with Gasteiger partial charge in [-0.1, -0.05) is 0 Å². The van der Waals surface area contributed by atoms with Crippen molar-refractivity contribution >= 4 is 5.91 Å². The van der Waals surface area contributed by atoms with Crippen molar-refractivity contribution in [2.45, 2.75) is 12.8 Å². The molecule has 0 aliphatic heterocycles. The fourth-order valence-electron chi connectivity index (χ4n) is 1.62. The Bertz CT molecular complexity index is 508. The van der Waals surface area contributed by atoms with Crippen LogP contribution in [-0.4, -0.2) is 39.2 Å². The van der Waals surface area contributed by atoms with Crippen molar-refractivity contribution in [3.63, 3.8) is 0 Å². The molecule has 7 heteroatoms. The number of unbranched alkanes of at least 4 members (excludes halogenated alkanes) is 1. The van der Waals surface area contributed by atoms with Crippen LogP contribution in [-0.2, 0) is 0 Å². The number of amides is 1. The maximum Gasteiger partial charge on any atom is 0.251 e. The molecule has 100 valence electrons. The van der Waals surface area contributed by atoms with E-state index >= 15 is 0 Å². The monoisotopic (exact) mass is 260 g/mol. The van der Waals surface area contributed by atoms with Crippen LogP contribution >= 0.6 is 0 Å². The van der Waals surface area contributed by atoms with Gasteiger partial charge in [-0.25, -0.2) is 4.68 Å². The normalized spacial score (nSPS) is 10.4. The van der Waals surface area contributed by atoms with E-state index in [1.807, 2.05) is 0 Å². The van der Waals surface area contributed by atoms with Crippen LogP contribution in [0.2, 0.25) is 0 Å². The Morgan fingerprint density at radius 3 is 2.68 bits per heavy atom. The summed E-state index contributed by atoms with van der Waals surface area (Å²) in [7, 11) is 0. The molecular formula is C12H16N6O. The van der Waals surface area contributed by atoms with E-state index in [2.05, 4.69) is 20.8 Å². The number of hydrogen-bond acceptors (Lipinski definition) is 5. The van der Waals surface area contributed by atoms with Crippen molar-refractivity contribution < 1.29 is 4.79 Å². The highest BCUT2D eigenvalue weighted by Crippen LogP contribution is 2.07. The average Bonchev–Trinajstić information content (AvgIpc) is 2.98. The number of nitrogens with two attached hydrogens (primary N) is 1. The first-order valence-electron chi connectivity index (χ1n) is 6.13. The number of tetrazole rings is 1. The molecule has 0 atom stereocenters. The Kier molecular flexibility index (Phi) is 4.57. The Balaban J connectivity index is 1.93. The molecule has 0 radical (unpaired) electrons. The Morgan fingerprint density at radius 1 is 1.26 bits per heavy atom. The SMILES string of the molecule is NCCCCNC(=O)c1ccc(-n2cnnn2)cc1. The Morgan fingerprint density at radius 2 is 2.05 bits per heavy atom. The van der Waals surface area contributed by atoms with E-state index in [1.54, 1.807) is 24.3 Å². The second kappa shape index (κ2) is 6.60. The first-order chi connectivity index (χ1) is 9.31. The van der Waals surface area contributed by atoms with Crippen molar-refractivity contribution in [2.24, 2.45) is 5.73 Å². The smallest absolute Gasteiger partial charge is 0.251 e. The van der Waals surface area contributed by atoms with Crippen molar-refractivity contribution in [3.05, 3.63) is 36.2 Å². The van der Waals surface area contributed by atoms with Gasteiger partial charge in [0.2, 0.25) is 0 Å². The molecule has 0 fully saturated rings. The third-order valence-electron chi connectivity index (χ3n) is 2.66. The van der Waals surface area contributed by atoms with Crippen LogP contribution in [0, 0.1) is 0 Å². The summed E-state index contributed by atoms with van der Waals surface area (Å²) in [4.78, 5) is 11.8. The molecule has 1 heterocycles. The zero-order valence-corrected chi connectivity index (χ0v) is 10.5. The number of nitrogens with one attached hydrogen (secondary N) is 1. The zero-order valence-electron chi connectivity index (χ0n) is 10.5. The summed E-state index contributed by atoms with van der Waals surface area (Å²) in [5, 5.41) is 13.7. The van der Waals surface area contributed by atoms with Crippen LogP contribution in [0.3, 0.4) is 0 Å². The van der Waals surface area contributed by atoms with E-state index in [9.17, 15) is 4.79 Å². The van der Waals surface area contributed by atoms with E-state index in [-0.39, 0.29) is 5.91 Å². The van der Waals surface area contributed by atoms with Gasteiger partial charge >= 0.3 is 0 Å². The fraction of sp³-hybridized carbons (Fsp3) is 0.333. The van der Waals surface area contributed by atoms with E-state index in [1.165, 1.54) is 11.0 Å². The zero-order chi connectivity index (χ0) is 13.5. The van der Waals surface area contributed by atoms with Crippen LogP contribution in [0.4, 0.5) is 0 Å². The van der Waals surface area contributed by atoms with Crippen molar-refractivity contribution in [3.8, 4) is 5.69 Å². The van der Waals surface area contributed by atoms with E-state index in [0.717, 1.165) is 18.5 Å². The number of rotatable bonds is 6. The van der Waals surface area contributed by atoms with Gasteiger partial charge < -0.3 is 11.1 Å². The van der Waals surface area contributed by atoms with Gasteiger partial charge in [-0.2, -0.15) is 0 Å². The lowest BCUT2D eigenvalue weighted by atomic mass is 10.2. The van der Waals surface area contributed by atoms with Crippen LogP contribution in [0.15, 0.2) is 30.6 Å². The van der Waals surface area contributed by atoms with E-state index in [0.29, 0.717) is 18.7 Å². The molecule has 0 spiro atoms. The van der Waals surface area contributed by atoms with Gasteiger partial charge in [0.25, 0.3) is 5.91 Å². The Labute approximate surface area is 110 Å². The standard InChI is InChI=1S/C12H16N6O/c13-7-1-2-8-14-12(19)10-3-5-11(6-4-10)18-9-15-16-17-18/h3-6,9H,1-2,7-8,13H2,(H,14,19). The maximum atomic E-state index is 11.8. The molecule has 2 aromatic rings. The molecule has 0 saturated carbocycles. The highest BCUT2D eigenvalue weighted by atomic mass is 16.1. The van der Waals surface area contributed by atoms with Crippen LogP contribution in [0.5, 0.6) is 0 Å². The summed E-state index contributed by atoms with van der Waals surface area (Å²) >= 11 is 0. The second-order valence-corrected chi connectivity index (χ2v) is 4.05. The lowest BCUT2D eigenvalue weighted by molar-refractivity contribution is 0.0953. The molecule has 0 bridgehead atoms. The quantitative estimate of drug-likeness (QED) is 0.719. The predicted molar refractivity (Wildman–Crippen MR) is 69.8 cm³/mol. The molecule has 0 aliphatic rings. The van der Waals surface area contributed by atoms with Gasteiger partial charge in [0, 0.05) is 12.1 Å². The summed E-state index contributed by atoms with van der Waals surface area (Å²) in [5.74, 6) is -0.0831. The van der Waals surface area contributed by atoms with Gasteiger partial charge in [-0.3, -0.25) is 4.79 Å². The molecule has 1 aromatic heterocycles. The van der Waals surface area contributed by atoms with Crippen LogP contribution < -0.4 is 11.1 Å². The minimum atomic E-state index is -0.0831. The third kappa shape index (κ3) is 3.59. The first kappa shape index (κ1) is 13.2. The number of carbonyl (C=O) groups is 1. The molecule has 1 amide bonds. The summed E-state index contributed by atoms with van der Waals surface area (Å²) in [6.45, 7) is 1.29. The minimum absolute atomic E-state index is 0.0831. The number of aromatic nitrogens is 4. The van der Waals surface area contributed by atoms with Crippen LogP contribution in [0.25, 0.3) is 5.69 Å². The lowest BCUT2D eigenvalue weighted by Gasteiger charge is -2.05. The highest BCUT2D eigenvalue weighted by Gasteiger charge is 2.05. The molecule has 0 aliphatic carbocycles. The largest absolute Gasteiger partial charge is 0.352 e. The second-order valence-electron chi connectivity index (χ2n) is 4.05. The summed E-state index contributed by atoms with van der Waals surface area (Å²) < 4.78 is 1.53. The van der Waals surface area contributed by atoms with Crippen molar-refractivity contribution in [2.75, 3.05) is 13.1 Å². The molecule has 19 heavy (non-hydrogen) atoms. The van der Waals surface area contributed by atoms with Gasteiger partial charge in [-0.15, -0.1) is 5.10 Å². The van der Waals surface area contributed by atoms with E-state index in [4.69, 9.17) is 5.73 Å². The fourth-order valence-corrected chi connectivity index (χ4v) is 1.62. The number of nitrogens with zero attached hydrogens (tertiary/aromatic N) is 4. The molecular weight excluding hydrogens is 244 g/mol. The Hall–Kier alpha value is -2.28. The van der Waals surface area contributed by atoms with Gasteiger partial charge in [-0.05, 0) is 54.1 Å². The molecule has 7 nitrogen and oxygen atoms in total. The molecule has 0 saturated heterocycles. The summed E-state index contributed by atoms with van der Waals surface area (Å²) in [6, 6.07) is 7.08. The third-order valence-corrected chi connectivity index (χ3v) is 2.66. The highest BCUT2D eigenvalue weighted by molar-refractivity contribution is 5.94. The minimum Gasteiger partial charge on any atom is -0.352 e. The average molecular weight is 260 g/mol. The molecule has 2 rings (SSSR count). The summed E-state index contributed by atoms with van der Waals surface area (Å²) in [6.07, 6.45) is 3.31. The van der Waals surface area contributed by atoms with Crippen molar-refractivity contribution in [1.82, 2.24) is 25.5 Å². The predicted octanol–water partition coefficient (Wildman–Crippen LogP) is 0.131.